The fraction of sp³-hybridized carbons (Fsp3) is 0.455. The van der Waals surface area contributed by atoms with Crippen LogP contribution in [0.5, 0.6) is 5.75 Å². The zero-order valence-electron chi connectivity index (χ0n) is 8.66. The SMILES string of the molecule is COCc1cccc(CC(C)N)c1O. The summed E-state index contributed by atoms with van der Waals surface area (Å²) in [6, 6.07) is 5.70. The van der Waals surface area contributed by atoms with Gasteiger partial charge in [0.15, 0.2) is 0 Å². The summed E-state index contributed by atoms with van der Waals surface area (Å²) >= 11 is 0. The van der Waals surface area contributed by atoms with Gasteiger partial charge in [0.25, 0.3) is 0 Å². The first kappa shape index (κ1) is 11.0. The van der Waals surface area contributed by atoms with Crippen molar-refractivity contribution >= 4 is 0 Å². The van der Waals surface area contributed by atoms with Crippen molar-refractivity contribution in [2.75, 3.05) is 7.11 Å². The van der Waals surface area contributed by atoms with Gasteiger partial charge in [-0.05, 0) is 18.9 Å². The third-order valence-corrected chi connectivity index (χ3v) is 2.04. The van der Waals surface area contributed by atoms with Gasteiger partial charge in [0, 0.05) is 18.7 Å². The minimum atomic E-state index is 0.0543. The van der Waals surface area contributed by atoms with Crippen LogP contribution in [0.2, 0.25) is 0 Å². The summed E-state index contributed by atoms with van der Waals surface area (Å²) in [5, 5.41) is 9.83. The van der Waals surface area contributed by atoms with E-state index in [1.165, 1.54) is 0 Å². The van der Waals surface area contributed by atoms with Crippen LogP contribution in [-0.4, -0.2) is 18.3 Å². The lowest BCUT2D eigenvalue weighted by molar-refractivity contribution is 0.182. The molecule has 0 bridgehead atoms. The Morgan fingerprint density at radius 1 is 1.43 bits per heavy atom. The van der Waals surface area contributed by atoms with E-state index in [2.05, 4.69) is 0 Å². The van der Waals surface area contributed by atoms with Gasteiger partial charge in [-0.3, -0.25) is 0 Å². The van der Waals surface area contributed by atoms with Crippen molar-refractivity contribution in [2.45, 2.75) is 26.0 Å². The molecule has 0 radical (unpaired) electrons. The number of benzene rings is 1. The minimum absolute atomic E-state index is 0.0543. The third kappa shape index (κ3) is 2.72. The maximum absolute atomic E-state index is 9.83. The minimum Gasteiger partial charge on any atom is -0.507 e. The molecule has 1 rings (SSSR count). The fourth-order valence-electron chi connectivity index (χ4n) is 1.43. The van der Waals surface area contributed by atoms with Gasteiger partial charge < -0.3 is 15.6 Å². The van der Waals surface area contributed by atoms with E-state index in [-0.39, 0.29) is 6.04 Å². The van der Waals surface area contributed by atoms with Crippen LogP contribution < -0.4 is 5.73 Å². The maximum atomic E-state index is 9.83. The molecule has 1 aromatic carbocycles. The van der Waals surface area contributed by atoms with Crippen molar-refractivity contribution < 1.29 is 9.84 Å². The lowest BCUT2D eigenvalue weighted by Crippen LogP contribution is -2.17. The fourth-order valence-corrected chi connectivity index (χ4v) is 1.43. The predicted molar refractivity (Wildman–Crippen MR) is 56.2 cm³/mol. The average Bonchev–Trinajstić information content (AvgIpc) is 2.11. The van der Waals surface area contributed by atoms with Crippen LogP contribution in [0.1, 0.15) is 18.1 Å². The van der Waals surface area contributed by atoms with Crippen LogP contribution in [0.4, 0.5) is 0 Å². The molecule has 0 amide bonds. The largest absolute Gasteiger partial charge is 0.507 e. The number of nitrogens with two attached hydrogens (primary N) is 1. The molecule has 0 spiro atoms. The molecule has 0 aromatic heterocycles. The number of hydrogen-bond acceptors (Lipinski definition) is 3. The van der Waals surface area contributed by atoms with E-state index >= 15 is 0 Å². The van der Waals surface area contributed by atoms with Gasteiger partial charge in [-0.25, -0.2) is 0 Å². The normalized spacial score (nSPS) is 12.8. The topological polar surface area (TPSA) is 55.5 Å². The molecule has 0 aliphatic heterocycles. The number of phenols is 1. The molecule has 78 valence electrons. The number of phenolic OH excluding ortho intramolecular Hbond substituents is 1. The Labute approximate surface area is 84.5 Å². The molecule has 0 fully saturated rings. The van der Waals surface area contributed by atoms with Crippen LogP contribution in [0.3, 0.4) is 0 Å². The molecule has 1 aromatic rings. The molecule has 3 N–H and O–H groups in total. The first-order valence-electron chi connectivity index (χ1n) is 4.69. The second-order valence-electron chi connectivity index (χ2n) is 3.54. The van der Waals surface area contributed by atoms with Crippen LogP contribution in [0.15, 0.2) is 18.2 Å². The Hall–Kier alpha value is -1.06. The third-order valence-electron chi connectivity index (χ3n) is 2.04. The van der Waals surface area contributed by atoms with E-state index in [4.69, 9.17) is 10.5 Å². The molecule has 3 heteroatoms. The molecule has 0 saturated heterocycles. The molecule has 0 aliphatic rings. The first-order valence-corrected chi connectivity index (χ1v) is 4.69. The highest BCUT2D eigenvalue weighted by molar-refractivity contribution is 5.40. The van der Waals surface area contributed by atoms with E-state index in [0.717, 1.165) is 11.1 Å². The lowest BCUT2D eigenvalue weighted by Gasteiger charge is -2.10. The van der Waals surface area contributed by atoms with Gasteiger partial charge in [-0.1, -0.05) is 18.2 Å². The van der Waals surface area contributed by atoms with Gasteiger partial charge in [0.2, 0.25) is 0 Å². The van der Waals surface area contributed by atoms with Crippen molar-refractivity contribution in [3.63, 3.8) is 0 Å². The molecule has 14 heavy (non-hydrogen) atoms. The quantitative estimate of drug-likeness (QED) is 0.764. The number of methoxy groups -OCH3 is 1. The molecule has 3 nitrogen and oxygen atoms in total. The summed E-state index contributed by atoms with van der Waals surface area (Å²) in [6.07, 6.45) is 0.684. The molecule has 1 atom stereocenters. The molecule has 0 heterocycles. The Balaban J connectivity index is 2.89. The highest BCUT2D eigenvalue weighted by Crippen LogP contribution is 2.23. The first-order chi connectivity index (χ1) is 6.65. The Morgan fingerprint density at radius 2 is 2.07 bits per heavy atom. The van der Waals surface area contributed by atoms with Crippen molar-refractivity contribution in [3.05, 3.63) is 29.3 Å². The van der Waals surface area contributed by atoms with E-state index in [9.17, 15) is 5.11 Å². The van der Waals surface area contributed by atoms with Gasteiger partial charge >= 0.3 is 0 Å². The molecule has 1 unspecified atom stereocenters. The van der Waals surface area contributed by atoms with Crippen molar-refractivity contribution in [3.8, 4) is 5.75 Å². The van der Waals surface area contributed by atoms with Gasteiger partial charge in [-0.15, -0.1) is 0 Å². The van der Waals surface area contributed by atoms with Crippen molar-refractivity contribution in [1.82, 2.24) is 0 Å². The van der Waals surface area contributed by atoms with Crippen LogP contribution in [0, 0.1) is 0 Å². The van der Waals surface area contributed by atoms with E-state index in [0.29, 0.717) is 18.8 Å². The molecular formula is C11H17NO2. The molecule has 0 aliphatic carbocycles. The van der Waals surface area contributed by atoms with E-state index < -0.39 is 0 Å². The van der Waals surface area contributed by atoms with Crippen molar-refractivity contribution in [2.24, 2.45) is 5.73 Å². The Morgan fingerprint density at radius 3 is 2.64 bits per heavy atom. The second-order valence-corrected chi connectivity index (χ2v) is 3.54. The number of ether oxygens (including phenoxy) is 1. The Kier molecular flexibility index (Phi) is 3.92. The highest BCUT2D eigenvalue weighted by Gasteiger charge is 2.07. The molecular weight excluding hydrogens is 178 g/mol. The van der Waals surface area contributed by atoms with Crippen LogP contribution in [0.25, 0.3) is 0 Å². The van der Waals surface area contributed by atoms with Crippen LogP contribution >= 0.6 is 0 Å². The average molecular weight is 195 g/mol. The summed E-state index contributed by atoms with van der Waals surface area (Å²) in [7, 11) is 1.61. The van der Waals surface area contributed by atoms with Gasteiger partial charge in [0.1, 0.15) is 5.75 Å². The predicted octanol–water partition coefficient (Wildman–Crippen LogP) is 1.43. The lowest BCUT2D eigenvalue weighted by atomic mass is 10.0. The summed E-state index contributed by atoms with van der Waals surface area (Å²) in [5.74, 6) is 0.312. The zero-order chi connectivity index (χ0) is 10.6. The number of rotatable bonds is 4. The number of hydrogen-bond donors (Lipinski definition) is 2. The monoisotopic (exact) mass is 195 g/mol. The second kappa shape index (κ2) is 4.98. The summed E-state index contributed by atoms with van der Waals surface area (Å²) in [5.41, 5.74) is 7.37. The Bertz CT molecular complexity index is 297. The summed E-state index contributed by atoms with van der Waals surface area (Å²) in [4.78, 5) is 0. The van der Waals surface area contributed by atoms with Crippen molar-refractivity contribution in [1.29, 1.82) is 0 Å². The summed E-state index contributed by atoms with van der Waals surface area (Å²) in [6.45, 7) is 2.35. The maximum Gasteiger partial charge on any atom is 0.124 e. The number of para-hydroxylation sites is 1. The van der Waals surface area contributed by atoms with E-state index in [1.54, 1.807) is 7.11 Å². The zero-order valence-corrected chi connectivity index (χ0v) is 8.66. The standard InChI is InChI=1S/C11H17NO2/c1-8(12)6-9-4-3-5-10(7-14-2)11(9)13/h3-5,8,13H,6-7,12H2,1-2H3. The van der Waals surface area contributed by atoms with E-state index in [1.807, 2.05) is 25.1 Å². The van der Waals surface area contributed by atoms with Crippen LogP contribution in [-0.2, 0) is 17.8 Å². The smallest absolute Gasteiger partial charge is 0.124 e. The number of aromatic hydroxyl groups is 1. The van der Waals surface area contributed by atoms with Gasteiger partial charge in [-0.2, -0.15) is 0 Å². The molecule has 0 saturated carbocycles. The highest BCUT2D eigenvalue weighted by atomic mass is 16.5. The summed E-state index contributed by atoms with van der Waals surface area (Å²) < 4.78 is 4.98. The van der Waals surface area contributed by atoms with Gasteiger partial charge in [0.05, 0.1) is 6.61 Å².